The Kier molecular flexibility index (Phi) is 10.4. The van der Waals surface area contributed by atoms with Crippen LogP contribution >= 0.6 is 35.3 Å². The zero-order chi connectivity index (χ0) is 22.2. The molecular weight excluding hydrogens is 537 g/mol. The summed E-state index contributed by atoms with van der Waals surface area (Å²) in [6, 6.07) is 8.13. The highest BCUT2D eigenvalue weighted by Crippen LogP contribution is 2.16. The van der Waals surface area contributed by atoms with Crippen LogP contribution in [0.4, 0.5) is 0 Å². The van der Waals surface area contributed by atoms with E-state index in [1.165, 1.54) is 10.4 Å². The van der Waals surface area contributed by atoms with Crippen LogP contribution in [-0.2, 0) is 26.4 Å². The summed E-state index contributed by atoms with van der Waals surface area (Å²) in [5.74, 6) is 3.34. The van der Waals surface area contributed by atoms with E-state index in [0.717, 1.165) is 60.0 Å². The van der Waals surface area contributed by atoms with Crippen LogP contribution in [0, 0.1) is 20.8 Å². The minimum atomic E-state index is 0. The predicted molar refractivity (Wildman–Crippen MR) is 140 cm³/mol. The second kappa shape index (κ2) is 12.7. The van der Waals surface area contributed by atoms with Crippen LogP contribution in [0.1, 0.15) is 32.8 Å². The molecule has 1 aromatic carbocycles. The van der Waals surface area contributed by atoms with Crippen molar-refractivity contribution in [3.63, 3.8) is 0 Å². The topological polar surface area (TPSA) is 89.2 Å². The van der Waals surface area contributed by atoms with Crippen LogP contribution in [0.3, 0.4) is 0 Å². The van der Waals surface area contributed by atoms with Gasteiger partial charge in [-0.3, -0.25) is 0 Å². The molecule has 2 N–H and O–H groups in total. The van der Waals surface area contributed by atoms with Gasteiger partial charge < -0.3 is 19.9 Å². The number of methoxy groups -OCH3 is 1. The molecule has 0 aliphatic carbocycles. The van der Waals surface area contributed by atoms with Crippen molar-refractivity contribution in [3.8, 4) is 5.75 Å². The quantitative estimate of drug-likeness (QED) is 0.234. The van der Waals surface area contributed by atoms with Gasteiger partial charge in [-0.25, -0.2) is 9.98 Å². The van der Waals surface area contributed by atoms with Crippen LogP contribution < -0.4 is 15.4 Å². The van der Waals surface area contributed by atoms with Gasteiger partial charge in [-0.05, 0) is 44.9 Å². The molecule has 0 amide bonds. The van der Waals surface area contributed by atoms with Gasteiger partial charge in [-0.15, -0.1) is 45.5 Å². The first-order chi connectivity index (χ1) is 15.0. The van der Waals surface area contributed by atoms with Crippen LogP contribution in [0.15, 0.2) is 29.3 Å². The van der Waals surface area contributed by atoms with E-state index in [9.17, 15) is 0 Å². The number of aryl methyl sites for hydroxylation is 3. The van der Waals surface area contributed by atoms with Gasteiger partial charge in [0, 0.05) is 31.4 Å². The number of hydrogen-bond acceptors (Lipinski definition) is 6. The third kappa shape index (κ3) is 7.44. The molecule has 3 rings (SSSR count). The maximum atomic E-state index is 5.22. The van der Waals surface area contributed by atoms with Crippen molar-refractivity contribution in [2.45, 2.75) is 40.2 Å². The van der Waals surface area contributed by atoms with E-state index in [4.69, 9.17) is 9.73 Å². The highest BCUT2D eigenvalue weighted by Gasteiger charge is 2.07. The highest BCUT2D eigenvalue weighted by atomic mass is 127. The molecule has 0 unspecified atom stereocenters. The molecule has 10 heteroatoms. The van der Waals surface area contributed by atoms with Crippen molar-refractivity contribution in [2.24, 2.45) is 12.0 Å². The first-order valence-corrected chi connectivity index (χ1v) is 11.2. The van der Waals surface area contributed by atoms with Gasteiger partial charge in [0.1, 0.15) is 18.1 Å². The maximum absolute atomic E-state index is 5.22. The number of hydrogen-bond donors (Lipinski definition) is 2. The Bertz CT molecular complexity index is 994. The van der Waals surface area contributed by atoms with Crippen molar-refractivity contribution in [1.82, 2.24) is 30.4 Å². The molecule has 174 valence electrons. The fourth-order valence-electron chi connectivity index (χ4n) is 2.96. The minimum absolute atomic E-state index is 0. The van der Waals surface area contributed by atoms with Crippen molar-refractivity contribution in [2.75, 3.05) is 20.2 Å². The van der Waals surface area contributed by atoms with Crippen LogP contribution in [0.25, 0.3) is 0 Å². The Hall–Kier alpha value is -2.21. The van der Waals surface area contributed by atoms with E-state index in [2.05, 4.69) is 51.8 Å². The summed E-state index contributed by atoms with van der Waals surface area (Å²) < 4.78 is 7.18. The lowest BCUT2D eigenvalue weighted by Crippen LogP contribution is -2.39. The highest BCUT2D eigenvalue weighted by molar-refractivity contribution is 14.0. The molecule has 0 spiro atoms. The molecular formula is C22H32IN7OS. The summed E-state index contributed by atoms with van der Waals surface area (Å²) in [4.78, 5) is 10.6. The Morgan fingerprint density at radius 1 is 1.06 bits per heavy atom. The van der Waals surface area contributed by atoms with Crippen molar-refractivity contribution in [3.05, 3.63) is 57.1 Å². The van der Waals surface area contributed by atoms with Crippen molar-refractivity contribution in [1.29, 1.82) is 0 Å². The summed E-state index contributed by atoms with van der Waals surface area (Å²) in [6.07, 6.45) is 1.75. The molecule has 0 atom stereocenters. The van der Waals surface area contributed by atoms with E-state index >= 15 is 0 Å². The first-order valence-electron chi connectivity index (χ1n) is 10.4. The number of aliphatic imine (C=N–C) groups is 1. The monoisotopic (exact) mass is 569 g/mol. The van der Waals surface area contributed by atoms with Crippen LogP contribution in [0.2, 0.25) is 0 Å². The fourth-order valence-corrected chi connectivity index (χ4v) is 3.90. The number of aromatic nitrogens is 4. The van der Waals surface area contributed by atoms with Gasteiger partial charge in [0.25, 0.3) is 0 Å². The van der Waals surface area contributed by atoms with Gasteiger partial charge >= 0.3 is 0 Å². The normalized spacial score (nSPS) is 11.2. The third-order valence-electron chi connectivity index (χ3n) is 5.13. The number of nitrogens with one attached hydrogen (secondary N) is 2. The Morgan fingerprint density at radius 3 is 2.31 bits per heavy atom. The lowest BCUT2D eigenvalue weighted by molar-refractivity contribution is 0.414. The molecule has 8 nitrogen and oxygen atoms in total. The molecule has 32 heavy (non-hydrogen) atoms. The van der Waals surface area contributed by atoms with E-state index in [0.29, 0.717) is 6.54 Å². The molecule has 0 aliphatic rings. The smallest absolute Gasteiger partial charge is 0.191 e. The number of halogens is 1. The summed E-state index contributed by atoms with van der Waals surface area (Å²) in [6.45, 7) is 8.10. The van der Waals surface area contributed by atoms with E-state index in [-0.39, 0.29) is 24.0 Å². The molecule has 3 aromatic rings. The zero-order valence-corrected chi connectivity index (χ0v) is 22.5. The van der Waals surface area contributed by atoms with Crippen molar-refractivity contribution < 1.29 is 4.74 Å². The second-order valence-electron chi connectivity index (χ2n) is 7.34. The molecule has 0 saturated heterocycles. The number of benzene rings is 1. The minimum Gasteiger partial charge on any atom is -0.497 e. The Balaban J connectivity index is 0.00000363. The lowest BCUT2D eigenvalue weighted by atomic mass is 10.1. The standard InChI is InChI=1S/C22H31N7OS.HI/c1-15-16(2)31-21(26-15)11-13-24-22(25-14-20-28-27-17(3)29(20)4)23-12-10-18-6-8-19(30-5)9-7-18;/h6-9H,10-14H2,1-5H3,(H2,23,24,25);1H. The largest absolute Gasteiger partial charge is 0.497 e. The third-order valence-corrected chi connectivity index (χ3v) is 6.26. The molecule has 2 aromatic heterocycles. The van der Waals surface area contributed by atoms with Gasteiger partial charge in [-0.1, -0.05) is 12.1 Å². The molecule has 0 radical (unpaired) electrons. The SMILES string of the molecule is COc1ccc(CCNC(=NCc2nnc(C)n2C)NCCc2nc(C)c(C)s2)cc1.I. The summed E-state index contributed by atoms with van der Waals surface area (Å²) in [5, 5.41) is 16.3. The average molecular weight is 570 g/mol. The van der Waals surface area contributed by atoms with E-state index in [1.54, 1.807) is 18.4 Å². The summed E-state index contributed by atoms with van der Waals surface area (Å²) >= 11 is 1.76. The molecule has 0 saturated carbocycles. The van der Waals surface area contributed by atoms with Crippen LogP contribution in [-0.4, -0.2) is 45.9 Å². The molecule has 0 bridgehead atoms. The molecule has 2 heterocycles. The summed E-state index contributed by atoms with van der Waals surface area (Å²) in [7, 11) is 3.63. The fraction of sp³-hybridized carbons (Fsp3) is 0.455. The molecule has 0 fully saturated rings. The van der Waals surface area contributed by atoms with E-state index < -0.39 is 0 Å². The van der Waals surface area contributed by atoms with E-state index in [1.807, 2.05) is 30.7 Å². The van der Waals surface area contributed by atoms with Gasteiger partial charge in [0.2, 0.25) is 0 Å². The number of ether oxygens (including phenoxy) is 1. The molecule has 0 aliphatic heterocycles. The van der Waals surface area contributed by atoms with Gasteiger partial charge in [-0.2, -0.15) is 0 Å². The number of rotatable bonds is 9. The number of guanidine groups is 1. The second-order valence-corrected chi connectivity index (χ2v) is 8.63. The average Bonchev–Trinajstić information content (AvgIpc) is 3.26. The van der Waals surface area contributed by atoms with Crippen molar-refractivity contribution >= 4 is 41.3 Å². The Morgan fingerprint density at radius 2 is 1.75 bits per heavy atom. The number of nitrogens with zero attached hydrogens (tertiary/aromatic N) is 5. The Labute approximate surface area is 210 Å². The maximum Gasteiger partial charge on any atom is 0.191 e. The van der Waals surface area contributed by atoms with Gasteiger partial charge in [0.05, 0.1) is 17.8 Å². The van der Waals surface area contributed by atoms with Gasteiger partial charge in [0.15, 0.2) is 11.8 Å². The first kappa shape index (κ1) is 26.0. The lowest BCUT2D eigenvalue weighted by Gasteiger charge is -2.12. The predicted octanol–water partition coefficient (Wildman–Crippen LogP) is 3.34. The summed E-state index contributed by atoms with van der Waals surface area (Å²) in [5.41, 5.74) is 2.36. The van der Waals surface area contributed by atoms with Crippen LogP contribution in [0.5, 0.6) is 5.75 Å². The zero-order valence-electron chi connectivity index (χ0n) is 19.3. The number of thiazole rings is 1.